The summed E-state index contributed by atoms with van der Waals surface area (Å²) in [5, 5.41) is 28.0. The van der Waals surface area contributed by atoms with Gasteiger partial charge in [0.1, 0.15) is 5.75 Å². The van der Waals surface area contributed by atoms with Gasteiger partial charge in [0.05, 0.1) is 18.4 Å². The van der Waals surface area contributed by atoms with Crippen molar-refractivity contribution in [1.82, 2.24) is 5.16 Å². The van der Waals surface area contributed by atoms with E-state index in [1.807, 2.05) is 25.1 Å². The van der Waals surface area contributed by atoms with E-state index in [0.717, 1.165) is 22.4 Å². The molecule has 5 rings (SSSR count). The number of phenols is 2. The van der Waals surface area contributed by atoms with E-state index in [-0.39, 0.29) is 29.6 Å². The van der Waals surface area contributed by atoms with Crippen molar-refractivity contribution in [2.24, 2.45) is 0 Å². The number of para-hydroxylation sites is 1. The first-order valence-electron chi connectivity index (χ1n) is 10.1. The van der Waals surface area contributed by atoms with Crippen LogP contribution in [0.25, 0.3) is 0 Å². The topological polar surface area (TPSA) is 105 Å². The Morgan fingerprint density at radius 3 is 2.68 bits per heavy atom. The molecule has 3 aromatic rings. The Hall–Kier alpha value is -3.74. The van der Waals surface area contributed by atoms with Crippen molar-refractivity contribution in [1.29, 1.82) is 0 Å². The number of allylic oxidation sites excluding steroid dienone is 2. The lowest BCUT2D eigenvalue weighted by molar-refractivity contribution is -0.116. The summed E-state index contributed by atoms with van der Waals surface area (Å²) in [5.74, 6) is 0.502. The maximum absolute atomic E-state index is 13.4. The number of Topliss-reactive ketones (excluding diaryl/α,β-unsaturated/α-hetero) is 1. The highest BCUT2D eigenvalue weighted by atomic mass is 16.5. The average Bonchev–Trinajstić information content (AvgIpc) is 3.12. The second-order valence-electron chi connectivity index (χ2n) is 7.98. The fourth-order valence-corrected chi connectivity index (χ4v) is 4.75. The largest absolute Gasteiger partial charge is 0.508 e. The smallest absolute Gasteiger partial charge is 0.233 e. The molecular weight excluding hydrogens is 396 g/mol. The number of aromatic nitrogens is 1. The summed E-state index contributed by atoms with van der Waals surface area (Å²) < 4.78 is 10.7. The maximum Gasteiger partial charge on any atom is 0.233 e. The van der Waals surface area contributed by atoms with Crippen molar-refractivity contribution < 1.29 is 24.3 Å². The number of phenolic OH excluding ortho intramolecular Hbond substituents is 2. The number of benzene rings is 2. The van der Waals surface area contributed by atoms with Gasteiger partial charge in [0.2, 0.25) is 5.88 Å². The number of carbonyl (C=O) groups excluding carboxylic acids is 1. The fourth-order valence-electron chi connectivity index (χ4n) is 4.75. The third-order valence-corrected chi connectivity index (χ3v) is 6.17. The Morgan fingerprint density at radius 1 is 1.13 bits per heavy atom. The molecule has 1 aromatic heterocycles. The fraction of sp³-hybridized carbons (Fsp3) is 0.250. The summed E-state index contributed by atoms with van der Waals surface area (Å²) in [6.45, 7) is 1.84. The summed E-state index contributed by atoms with van der Waals surface area (Å²) in [4.78, 5) is 13.4. The van der Waals surface area contributed by atoms with Gasteiger partial charge in [0.15, 0.2) is 17.3 Å². The molecule has 0 saturated heterocycles. The Morgan fingerprint density at radius 2 is 1.94 bits per heavy atom. The van der Waals surface area contributed by atoms with Crippen LogP contribution >= 0.6 is 0 Å². The normalized spacial score (nSPS) is 20.1. The Bertz CT molecular complexity index is 1230. The number of hydrogen-bond acceptors (Lipinski definition) is 7. The number of rotatable bonds is 3. The minimum absolute atomic E-state index is 0.00596. The molecular formula is C24H22N2O5. The number of ether oxygens (including phenoxy) is 1. The number of aryl methyl sites for hydroxylation is 1. The van der Waals surface area contributed by atoms with Crippen LogP contribution in [0.4, 0.5) is 5.88 Å². The average molecular weight is 418 g/mol. The lowest BCUT2D eigenvalue weighted by Crippen LogP contribution is -2.29. The van der Waals surface area contributed by atoms with Gasteiger partial charge >= 0.3 is 0 Å². The van der Waals surface area contributed by atoms with E-state index < -0.39 is 5.92 Å². The summed E-state index contributed by atoms with van der Waals surface area (Å²) in [7, 11) is 1.49. The van der Waals surface area contributed by atoms with Crippen LogP contribution in [0.1, 0.15) is 47.1 Å². The minimum atomic E-state index is -0.410. The van der Waals surface area contributed by atoms with E-state index in [9.17, 15) is 15.0 Å². The van der Waals surface area contributed by atoms with Gasteiger partial charge in [0.25, 0.3) is 0 Å². The number of methoxy groups -OCH3 is 1. The SMILES string of the molecule is COc1ccc([C@@H]2C3=C(C[C@H](c4ccccc4O)CC3=O)Nc3onc(C)c32)cc1O. The Balaban J connectivity index is 1.63. The first kappa shape index (κ1) is 19.2. The van der Waals surface area contributed by atoms with Crippen LogP contribution in [0.15, 0.2) is 58.3 Å². The maximum atomic E-state index is 13.4. The molecule has 2 atom stereocenters. The second kappa shape index (κ2) is 7.19. The van der Waals surface area contributed by atoms with Crippen molar-refractivity contribution in [3.05, 3.63) is 76.1 Å². The van der Waals surface area contributed by atoms with Gasteiger partial charge in [-0.2, -0.15) is 0 Å². The van der Waals surface area contributed by atoms with E-state index in [2.05, 4.69) is 10.5 Å². The van der Waals surface area contributed by atoms with Gasteiger partial charge in [0, 0.05) is 29.5 Å². The van der Waals surface area contributed by atoms with Crippen molar-refractivity contribution >= 4 is 11.7 Å². The standard InChI is InChI=1S/C24H22N2O5/c1-12-21-22(13-7-8-20(30-2)18(28)10-13)23-16(25-24(21)31-26-12)9-14(11-19(23)29)15-5-3-4-6-17(15)27/h3-8,10,14,22,25,27-28H,9,11H2,1-2H3/t14-,22-/m0/s1. The molecule has 0 bridgehead atoms. The molecule has 0 unspecified atom stereocenters. The number of ketones is 1. The molecule has 0 fully saturated rings. The van der Waals surface area contributed by atoms with Crippen molar-refractivity contribution in [2.45, 2.75) is 31.6 Å². The minimum Gasteiger partial charge on any atom is -0.508 e. The van der Waals surface area contributed by atoms with Crippen molar-refractivity contribution in [3.63, 3.8) is 0 Å². The van der Waals surface area contributed by atoms with E-state index in [0.29, 0.717) is 29.3 Å². The van der Waals surface area contributed by atoms with Crippen LogP contribution in [0.5, 0.6) is 17.2 Å². The van der Waals surface area contributed by atoms with Gasteiger partial charge in [-0.15, -0.1) is 0 Å². The molecule has 0 amide bonds. The second-order valence-corrected chi connectivity index (χ2v) is 7.98. The highest BCUT2D eigenvalue weighted by molar-refractivity contribution is 6.01. The first-order chi connectivity index (χ1) is 15.0. The molecule has 2 aromatic carbocycles. The number of carbonyl (C=O) groups is 1. The van der Waals surface area contributed by atoms with Crippen LogP contribution < -0.4 is 10.1 Å². The van der Waals surface area contributed by atoms with Crippen molar-refractivity contribution in [3.8, 4) is 17.2 Å². The van der Waals surface area contributed by atoms with Gasteiger partial charge < -0.3 is 24.8 Å². The van der Waals surface area contributed by atoms with Gasteiger partial charge in [-0.3, -0.25) is 4.79 Å². The predicted molar refractivity (Wildman–Crippen MR) is 113 cm³/mol. The third kappa shape index (κ3) is 3.04. The Labute approximate surface area is 179 Å². The number of nitrogens with one attached hydrogen (secondary N) is 1. The van der Waals surface area contributed by atoms with Crippen molar-refractivity contribution in [2.75, 3.05) is 12.4 Å². The highest BCUT2D eigenvalue weighted by Crippen LogP contribution is 2.50. The van der Waals surface area contributed by atoms with Gasteiger partial charge in [-0.1, -0.05) is 29.4 Å². The Kier molecular flexibility index (Phi) is 4.46. The van der Waals surface area contributed by atoms with Crippen LogP contribution in [0.2, 0.25) is 0 Å². The lowest BCUT2D eigenvalue weighted by Gasteiger charge is -2.34. The first-order valence-corrected chi connectivity index (χ1v) is 10.1. The van der Waals surface area contributed by atoms with E-state index in [1.165, 1.54) is 7.11 Å². The van der Waals surface area contributed by atoms with Crippen LogP contribution in [0.3, 0.4) is 0 Å². The number of hydrogen-bond donors (Lipinski definition) is 3. The van der Waals surface area contributed by atoms with Crippen LogP contribution in [-0.4, -0.2) is 28.3 Å². The molecule has 1 aliphatic carbocycles. The van der Waals surface area contributed by atoms with E-state index in [4.69, 9.17) is 9.26 Å². The highest BCUT2D eigenvalue weighted by Gasteiger charge is 2.41. The summed E-state index contributed by atoms with van der Waals surface area (Å²) >= 11 is 0. The number of nitrogens with zero attached hydrogens (tertiary/aromatic N) is 1. The third-order valence-electron chi connectivity index (χ3n) is 6.17. The van der Waals surface area contributed by atoms with Crippen LogP contribution in [0, 0.1) is 6.92 Å². The number of anilines is 1. The molecule has 158 valence electrons. The zero-order valence-electron chi connectivity index (χ0n) is 17.2. The summed E-state index contributed by atoms with van der Waals surface area (Å²) in [6.07, 6.45) is 0.840. The van der Waals surface area contributed by atoms with E-state index >= 15 is 0 Å². The number of fused-ring (bicyclic) bond motifs is 1. The molecule has 0 radical (unpaired) electrons. The monoisotopic (exact) mass is 418 g/mol. The van der Waals surface area contributed by atoms with Gasteiger partial charge in [-0.05, 0) is 42.7 Å². The molecule has 0 saturated carbocycles. The molecule has 2 heterocycles. The van der Waals surface area contributed by atoms with Gasteiger partial charge in [-0.25, -0.2) is 0 Å². The molecule has 0 spiro atoms. The lowest BCUT2D eigenvalue weighted by atomic mass is 9.72. The van der Waals surface area contributed by atoms with Crippen LogP contribution in [-0.2, 0) is 4.79 Å². The summed E-state index contributed by atoms with van der Waals surface area (Å²) in [5.41, 5.74) is 4.39. The molecule has 31 heavy (non-hydrogen) atoms. The zero-order valence-corrected chi connectivity index (χ0v) is 17.2. The molecule has 7 heteroatoms. The molecule has 7 nitrogen and oxygen atoms in total. The summed E-state index contributed by atoms with van der Waals surface area (Å²) in [6, 6.07) is 12.3. The molecule has 1 aliphatic heterocycles. The van der Waals surface area contributed by atoms with E-state index in [1.54, 1.807) is 24.3 Å². The predicted octanol–water partition coefficient (Wildman–Crippen LogP) is 4.36. The molecule has 2 aliphatic rings. The quantitative estimate of drug-likeness (QED) is 0.580. The number of aromatic hydroxyl groups is 2. The zero-order chi connectivity index (χ0) is 21.7. The molecule has 3 N–H and O–H groups in total.